The molecule has 0 saturated heterocycles. The number of nitrogen functional groups attached to an aromatic ring is 1. The number of rotatable bonds is 4. The Morgan fingerprint density at radius 1 is 1.53 bits per heavy atom. The van der Waals surface area contributed by atoms with Gasteiger partial charge in [-0.1, -0.05) is 6.08 Å². The number of benzene rings is 1. The minimum atomic E-state index is -3.66. The first-order chi connectivity index (χ1) is 7.80. The third-order valence-corrected chi connectivity index (χ3v) is 4.33. The predicted molar refractivity (Wildman–Crippen MR) is 65.6 cm³/mol. The smallest absolute Gasteiger partial charge is 0.243 e. The van der Waals surface area contributed by atoms with Crippen LogP contribution in [0.3, 0.4) is 0 Å². The first-order valence-electron chi connectivity index (χ1n) is 4.93. The molecule has 2 N–H and O–H groups in total. The summed E-state index contributed by atoms with van der Waals surface area (Å²) in [5.41, 5.74) is 5.53. The average molecular weight is 258 g/mol. The number of hydrogen-bond donors (Lipinski definition) is 1. The zero-order chi connectivity index (χ0) is 13.2. The molecule has 0 amide bonds. The second-order valence-electron chi connectivity index (χ2n) is 3.71. The van der Waals surface area contributed by atoms with E-state index in [1.54, 1.807) is 0 Å². The van der Waals surface area contributed by atoms with Crippen LogP contribution in [0.25, 0.3) is 0 Å². The van der Waals surface area contributed by atoms with Crippen molar-refractivity contribution in [1.29, 1.82) is 0 Å². The lowest BCUT2D eigenvalue weighted by Gasteiger charge is -2.17. The van der Waals surface area contributed by atoms with Crippen molar-refractivity contribution in [2.75, 3.05) is 19.3 Å². The van der Waals surface area contributed by atoms with E-state index in [0.29, 0.717) is 5.56 Å². The summed E-state index contributed by atoms with van der Waals surface area (Å²) in [6.45, 7) is 5.18. The van der Waals surface area contributed by atoms with Crippen molar-refractivity contribution < 1.29 is 12.8 Å². The molecule has 0 unspecified atom stereocenters. The van der Waals surface area contributed by atoms with E-state index in [-0.39, 0.29) is 17.1 Å². The van der Waals surface area contributed by atoms with Crippen molar-refractivity contribution in [1.82, 2.24) is 4.31 Å². The summed E-state index contributed by atoms with van der Waals surface area (Å²) in [6.07, 6.45) is 1.47. The van der Waals surface area contributed by atoms with Crippen LogP contribution in [0.2, 0.25) is 0 Å². The van der Waals surface area contributed by atoms with Gasteiger partial charge in [0.2, 0.25) is 10.0 Å². The highest BCUT2D eigenvalue weighted by molar-refractivity contribution is 7.89. The van der Waals surface area contributed by atoms with E-state index in [9.17, 15) is 12.8 Å². The fourth-order valence-electron chi connectivity index (χ4n) is 1.39. The number of nitrogens with zero attached hydrogens (tertiary/aromatic N) is 1. The van der Waals surface area contributed by atoms with E-state index in [1.807, 2.05) is 0 Å². The fourth-order valence-corrected chi connectivity index (χ4v) is 2.77. The van der Waals surface area contributed by atoms with Gasteiger partial charge < -0.3 is 5.73 Å². The highest BCUT2D eigenvalue weighted by Crippen LogP contribution is 2.23. The van der Waals surface area contributed by atoms with Crippen LogP contribution in [0.15, 0.2) is 29.7 Å². The molecule has 94 valence electrons. The quantitative estimate of drug-likeness (QED) is 0.658. The number of halogens is 1. The minimum absolute atomic E-state index is 0.0146. The lowest BCUT2D eigenvalue weighted by atomic mass is 10.2. The molecule has 0 bridgehead atoms. The summed E-state index contributed by atoms with van der Waals surface area (Å²) in [4.78, 5) is 0.0146. The van der Waals surface area contributed by atoms with Crippen LogP contribution in [0.5, 0.6) is 0 Å². The molecule has 0 aliphatic carbocycles. The van der Waals surface area contributed by atoms with Crippen molar-refractivity contribution >= 4 is 15.7 Å². The molecule has 0 saturated carbocycles. The summed E-state index contributed by atoms with van der Waals surface area (Å²) in [6, 6.07) is 2.25. The third-order valence-electron chi connectivity index (χ3n) is 2.37. The Kier molecular flexibility index (Phi) is 3.90. The Morgan fingerprint density at radius 2 is 2.12 bits per heavy atom. The first-order valence-corrected chi connectivity index (χ1v) is 6.37. The number of hydrogen-bond acceptors (Lipinski definition) is 3. The van der Waals surface area contributed by atoms with E-state index >= 15 is 0 Å². The van der Waals surface area contributed by atoms with Gasteiger partial charge in [0.05, 0.1) is 10.6 Å². The molecule has 4 nitrogen and oxygen atoms in total. The predicted octanol–water partition coefficient (Wildman–Crippen LogP) is 1.52. The Morgan fingerprint density at radius 3 is 2.65 bits per heavy atom. The Labute approximate surface area is 101 Å². The second-order valence-corrected chi connectivity index (χ2v) is 5.73. The van der Waals surface area contributed by atoms with Gasteiger partial charge in [-0.15, -0.1) is 6.58 Å². The highest BCUT2D eigenvalue weighted by Gasteiger charge is 2.23. The lowest BCUT2D eigenvalue weighted by molar-refractivity contribution is 0.498. The van der Waals surface area contributed by atoms with Crippen LogP contribution in [0.4, 0.5) is 10.1 Å². The van der Waals surface area contributed by atoms with Gasteiger partial charge >= 0.3 is 0 Å². The molecule has 6 heteroatoms. The minimum Gasteiger partial charge on any atom is -0.396 e. The molecule has 0 radical (unpaired) electrons. The zero-order valence-corrected chi connectivity index (χ0v) is 10.6. The van der Waals surface area contributed by atoms with Crippen LogP contribution in [0, 0.1) is 12.7 Å². The molecule has 1 rings (SSSR count). The molecule has 1 aromatic rings. The molecule has 0 aliphatic rings. The summed E-state index contributed by atoms with van der Waals surface area (Å²) < 4.78 is 38.5. The molecule has 0 fully saturated rings. The lowest BCUT2D eigenvalue weighted by Crippen LogP contribution is -2.27. The second kappa shape index (κ2) is 4.85. The van der Waals surface area contributed by atoms with E-state index in [4.69, 9.17) is 5.73 Å². The molecule has 0 atom stereocenters. The molecular formula is C11H15FN2O2S. The van der Waals surface area contributed by atoms with E-state index in [0.717, 1.165) is 16.4 Å². The summed E-state index contributed by atoms with van der Waals surface area (Å²) in [5.74, 6) is -0.618. The monoisotopic (exact) mass is 258 g/mol. The average Bonchev–Trinajstić information content (AvgIpc) is 2.23. The van der Waals surface area contributed by atoms with Gasteiger partial charge in [0.15, 0.2) is 0 Å². The molecule has 0 heterocycles. The number of anilines is 1. The Bertz CT molecular complexity index is 541. The van der Waals surface area contributed by atoms with Crippen molar-refractivity contribution in [3.8, 4) is 0 Å². The van der Waals surface area contributed by atoms with Gasteiger partial charge in [-0.25, -0.2) is 12.8 Å². The summed E-state index contributed by atoms with van der Waals surface area (Å²) in [7, 11) is -2.23. The molecule has 1 aromatic carbocycles. The maximum Gasteiger partial charge on any atom is 0.243 e. The first kappa shape index (κ1) is 13.7. The van der Waals surface area contributed by atoms with E-state index in [2.05, 4.69) is 6.58 Å². The van der Waals surface area contributed by atoms with Crippen LogP contribution in [0.1, 0.15) is 5.56 Å². The van der Waals surface area contributed by atoms with Crippen molar-refractivity contribution in [3.63, 3.8) is 0 Å². The van der Waals surface area contributed by atoms with Crippen molar-refractivity contribution in [2.24, 2.45) is 0 Å². The maximum absolute atomic E-state index is 13.1. The SMILES string of the molecule is C=CCN(C)S(=O)(=O)c1cc(N)c(F)cc1C. The number of likely N-dealkylation sites (N-methyl/N-ethyl adjacent to an activating group) is 1. The zero-order valence-electron chi connectivity index (χ0n) is 9.77. The largest absolute Gasteiger partial charge is 0.396 e. The van der Waals surface area contributed by atoms with Gasteiger partial charge in [-0.2, -0.15) is 4.31 Å². The molecular weight excluding hydrogens is 243 g/mol. The topological polar surface area (TPSA) is 63.4 Å². The van der Waals surface area contributed by atoms with Crippen molar-refractivity contribution in [2.45, 2.75) is 11.8 Å². The maximum atomic E-state index is 13.1. The summed E-state index contributed by atoms with van der Waals surface area (Å²) >= 11 is 0. The Hall–Kier alpha value is -1.40. The van der Waals surface area contributed by atoms with Gasteiger partial charge in [-0.05, 0) is 24.6 Å². The fraction of sp³-hybridized carbons (Fsp3) is 0.273. The van der Waals surface area contributed by atoms with Crippen LogP contribution >= 0.6 is 0 Å². The van der Waals surface area contributed by atoms with E-state index in [1.165, 1.54) is 20.0 Å². The van der Waals surface area contributed by atoms with Gasteiger partial charge in [0.1, 0.15) is 5.82 Å². The van der Waals surface area contributed by atoms with Crippen LogP contribution in [-0.2, 0) is 10.0 Å². The molecule has 0 spiro atoms. The third kappa shape index (κ3) is 2.65. The number of nitrogens with two attached hydrogens (primary N) is 1. The standard InChI is InChI=1S/C11H15FN2O2S/c1-4-5-14(3)17(15,16)11-7-10(13)9(12)6-8(11)2/h4,6-7H,1,5,13H2,2-3H3. The molecule has 0 aromatic heterocycles. The van der Waals surface area contributed by atoms with Crippen molar-refractivity contribution in [3.05, 3.63) is 36.2 Å². The molecule has 17 heavy (non-hydrogen) atoms. The van der Waals surface area contributed by atoms with Gasteiger partial charge in [-0.3, -0.25) is 0 Å². The summed E-state index contributed by atoms with van der Waals surface area (Å²) in [5, 5.41) is 0. The van der Waals surface area contributed by atoms with Crippen LogP contribution < -0.4 is 5.73 Å². The van der Waals surface area contributed by atoms with Crippen LogP contribution in [-0.4, -0.2) is 26.3 Å². The Balaban J connectivity index is 3.34. The van der Waals surface area contributed by atoms with E-state index < -0.39 is 15.8 Å². The highest BCUT2D eigenvalue weighted by atomic mass is 32.2. The molecule has 0 aliphatic heterocycles. The van der Waals surface area contributed by atoms with Gasteiger partial charge in [0, 0.05) is 13.6 Å². The number of sulfonamides is 1. The normalized spacial score (nSPS) is 11.8. The van der Waals surface area contributed by atoms with Gasteiger partial charge in [0.25, 0.3) is 0 Å². The number of aryl methyl sites for hydroxylation is 1.